The molecule has 1 heterocycles. The van der Waals surface area contributed by atoms with Gasteiger partial charge < -0.3 is 20.3 Å². The van der Waals surface area contributed by atoms with E-state index in [9.17, 15) is 4.79 Å². The highest BCUT2D eigenvalue weighted by Crippen LogP contribution is 2.32. The fraction of sp³-hybridized carbons (Fsp3) is 0.562. The van der Waals surface area contributed by atoms with Gasteiger partial charge in [0.25, 0.3) is 5.91 Å². The van der Waals surface area contributed by atoms with E-state index < -0.39 is 0 Å². The first-order valence-corrected chi connectivity index (χ1v) is 7.60. The number of ether oxygens (including phenoxy) is 1. The largest absolute Gasteiger partial charge is 0.482 e. The van der Waals surface area contributed by atoms with E-state index >= 15 is 0 Å². The minimum atomic E-state index is -0.00711. The fourth-order valence-electron chi connectivity index (χ4n) is 2.60. The second-order valence-corrected chi connectivity index (χ2v) is 5.42. The van der Waals surface area contributed by atoms with Gasteiger partial charge in [0, 0.05) is 26.7 Å². The maximum Gasteiger partial charge on any atom is 0.264 e. The van der Waals surface area contributed by atoms with E-state index in [1.807, 2.05) is 12.1 Å². The molecule has 1 aromatic carbocycles. The van der Waals surface area contributed by atoms with E-state index in [1.54, 1.807) is 11.9 Å². The fourth-order valence-corrected chi connectivity index (χ4v) is 2.60. The summed E-state index contributed by atoms with van der Waals surface area (Å²) in [6, 6.07) is 6.09. The first-order valence-electron chi connectivity index (χ1n) is 7.60. The number of fused-ring (bicyclic) bond motifs is 1. The predicted molar refractivity (Wildman–Crippen MR) is 84.8 cm³/mol. The Morgan fingerprint density at radius 2 is 2.14 bits per heavy atom. The van der Waals surface area contributed by atoms with Crippen LogP contribution in [0.3, 0.4) is 0 Å². The molecule has 0 aliphatic carbocycles. The Bertz CT molecular complexity index is 484. The number of nitrogens with two attached hydrogens (primary N) is 1. The molecular weight excluding hydrogens is 266 g/mol. The lowest BCUT2D eigenvalue weighted by Crippen LogP contribution is -2.35. The number of likely N-dealkylation sites (N-methyl/N-ethyl adjacent to an activating group) is 1. The Labute approximate surface area is 126 Å². The van der Waals surface area contributed by atoms with Gasteiger partial charge in [-0.2, -0.15) is 0 Å². The molecule has 0 radical (unpaired) electrons. The summed E-state index contributed by atoms with van der Waals surface area (Å²) in [5, 5.41) is 0. The van der Waals surface area contributed by atoms with Crippen molar-refractivity contribution in [3.8, 4) is 5.75 Å². The number of carbonyl (C=O) groups is 1. The molecule has 0 saturated carbocycles. The first-order chi connectivity index (χ1) is 10.2. The summed E-state index contributed by atoms with van der Waals surface area (Å²) in [5.41, 5.74) is 7.73. The van der Waals surface area contributed by atoms with Gasteiger partial charge in [0.05, 0.1) is 5.69 Å². The lowest BCUT2D eigenvalue weighted by Gasteiger charge is -2.26. The predicted octanol–water partition coefficient (Wildman–Crippen LogP) is 1.26. The van der Waals surface area contributed by atoms with Crippen molar-refractivity contribution >= 4 is 11.6 Å². The number of carbonyl (C=O) groups excluding carboxylic acids is 1. The SMILES string of the molecule is CCCN(CCN)CCc1ccc2c(c1)OCC(=O)N2C. The Kier molecular flexibility index (Phi) is 5.59. The summed E-state index contributed by atoms with van der Waals surface area (Å²) in [6.45, 7) is 6.02. The van der Waals surface area contributed by atoms with Gasteiger partial charge in [-0.25, -0.2) is 0 Å². The van der Waals surface area contributed by atoms with Crippen molar-refractivity contribution in [2.75, 3.05) is 44.7 Å². The molecule has 5 nitrogen and oxygen atoms in total. The van der Waals surface area contributed by atoms with E-state index in [2.05, 4.69) is 17.9 Å². The highest BCUT2D eigenvalue weighted by Gasteiger charge is 2.22. The molecule has 21 heavy (non-hydrogen) atoms. The molecule has 0 bridgehead atoms. The van der Waals surface area contributed by atoms with Crippen LogP contribution in [0.15, 0.2) is 18.2 Å². The van der Waals surface area contributed by atoms with E-state index in [0.29, 0.717) is 6.54 Å². The smallest absolute Gasteiger partial charge is 0.264 e. The quantitative estimate of drug-likeness (QED) is 0.821. The minimum Gasteiger partial charge on any atom is -0.482 e. The van der Waals surface area contributed by atoms with Gasteiger partial charge >= 0.3 is 0 Å². The number of amides is 1. The van der Waals surface area contributed by atoms with Gasteiger partial charge in [0.2, 0.25) is 0 Å². The summed E-state index contributed by atoms with van der Waals surface area (Å²) in [6.07, 6.45) is 2.11. The molecule has 0 spiro atoms. The molecule has 116 valence electrons. The van der Waals surface area contributed by atoms with Crippen LogP contribution in [0.2, 0.25) is 0 Å². The normalized spacial score (nSPS) is 14.3. The number of anilines is 1. The van der Waals surface area contributed by atoms with Gasteiger partial charge in [-0.15, -0.1) is 0 Å². The first kappa shape index (κ1) is 15.8. The van der Waals surface area contributed by atoms with Gasteiger partial charge in [-0.05, 0) is 37.1 Å². The Balaban J connectivity index is 2.00. The highest BCUT2D eigenvalue weighted by molar-refractivity contribution is 5.97. The molecule has 1 aliphatic heterocycles. The molecule has 2 rings (SSSR count). The van der Waals surface area contributed by atoms with Crippen molar-refractivity contribution in [3.63, 3.8) is 0 Å². The summed E-state index contributed by atoms with van der Waals surface area (Å²) >= 11 is 0. The van der Waals surface area contributed by atoms with Crippen LogP contribution in [0.25, 0.3) is 0 Å². The summed E-state index contributed by atoms with van der Waals surface area (Å²) in [7, 11) is 1.79. The number of rotatable bonds is 7. The molecule has 2 N–H and O–H groups in total. The monoisotopic (exact) mass is 291 g/mol. The molecule has 1 amide bonds. The molecule has 0 fully saturated rings. The second-order valence-electron chi connectivity index (χ2n) is 5.42. The van der Waals surface area contributed by atoms with Gasteiger partial charge in [-0.3, -0.25) is 4.79 Å². The average Bonchev–Trinajstić information content (AvgIpc) is 2.49. The molecule has 1 aromatic rings. The van der Waals surface area contributed by atoms with E-state index in [0.717, 1.165) is 43.9 Å². The molecular formula is C16H25N3O2. The topological polar surface area (TPSA) is 58.8 Å². The van der Waals surface area contributed by atoms with Crippen LogP contribution >= 0.6 is 0 Å². The minimum absolute atomic E-state index is 0.00711. The van der Waals surface area contributed by atoms with E-state index in [4.69, 9.17) is 10.5 Å². The van der Waals surface area contributed by atoms with E-state index in [1.165, 1.54) is 5.56 Å². The summed E-state index contributed by atoms with van der Waals surface area (Å²) < 4.78 is 5.52. The van der Waals surface area contributed by atoms with Crippen molar-refractivity contribution in [1.29, 1.82) is 0 Å². The van der Waals surface area contributed by atoms with Crippen molar-refractivity contribution in [3.05, 3.63) is 23.8 Å². The second kappa shape index (κ2) is 7.43. The van der Waals surface area contributed by atoms with Crippen LogP contribution < -0.4 is 15.4 Å². The third-order valence-corrected chi connectivity index (χ3v) is 3.81. The molecule has 1 aliphatic rings. The van der Waals surface area contributed by atoms with Crippen molar-refractivity contribution in [1.82, 2.24) is 4.90 Å². The molecule has 0 aromatic heterocycles. The van der Waals surface area contributed by atoms with Gasteiger partial charge in [0.1, 0.15) is 5.75 Å². The molecule has 0 unspecified atom stereocenters. The lowest BCUT2D eigenvalue weighted by molar-refractivity contribution is -0.120. The molecule has 5 heteroatoms. The maximum atomic E-state index is 11.6. The standard InChI is InChI=1S/C16H25N3O2/c1-3-8-19(10-7-17)9-6-13-4-5-14-15(11-13)21-12-16(20)18(14)2/h4-5,11H,3,6-10,12,17H2,1-2H3. The Morgan fingerprint density at radius 3 is 2.86 bits per heavy atom. The molecule has 0 atom stereocenters. The zero-order valence-electron chi connectivity index (χ0n) is 13.0. The lowest BCUT2D eigenvalue weighted by atomic mass is 10.1. The number of benzene rings is 1. The number of hydrogen-bond acceptors (Lipinski definition) is 4. The molecule has 0 saturated heterocycles. The van der Waals surface area contributed by atoms with Crippen LogP contribution in [-0.2, 0) is 11.2 Å². The van der Waals surface area contributed by atoms with Crippen LogP contribution in [0.5, 0.6) is 5.75 Å². The van der Waals surface area contributed by atoms with Crippen LogP contribution in [-0.4, -0.2) is 50.6 Å². The Morgan fingerprint density at radius 1 is 1.33 bits per heavy atom. The third-order valence-electron chi connectivity index (χ3n) is 3.81. The highest BCUT2D eigenvalue weighted by atomic mass is 16.5. The van der Waals surface area contributed by atoms with Crippen molar-refractivity contribution in [2.45, 2.75) is 19.8 Å². The third kappa shape index (κ3) is 3.95. The van der Waals surface area contributed by atoms with Gasteiger partial charge in [-0.1, -0.05) is 13.0 Å². The Hall–Kier alpha value is -1.59. The van der Waals surface area contributed by atoms with Gasteiger partial charge in [0.15, 0.2) is 6.61 Å². The summed E-state index contributed by atoms with van der Waals surface area (Å²) in [5.74, 6) is 0.794. The van der Waals surface area contributed by atoms with Crippen LogP contribution in [0.4, 0.5) is 5.69 Å². The number of nitrogens with zero attached hydrogens (tertiary/aromatic N) is 2. The average molecular weight is 291 g/mol. The van der Waals surface area contributed by atoms with E-state index in [-0.39, 0.29) is 12.5 Å². The maximum absolute atomic E-state index is 11.6. The van der Waals surface area contributed by atoms with Crippen LogP contribution in [0.1, 0.15) is 18.9 Å². The zero-order chi connectivity index (χ0) is 15.2. The number of hydrogen-bond donors (Lipinski definition) is 1. The summed E-state index contributed by atoms with van der Waals surface area (Å²) in [4.78, 5) is 15.6. The zero-order valence-corrected chi connectivity index (χ0v) is 13.0. The van der Waals surface area contributed by atoms with Crippen molar-refractivity contribution in [2.24, 2.45) is 5.73 Å². The van der Waals surface area contributed by atoms with Crippen molar-refractivity contribution < 1.29 is 9.53 Å². The van der Waals surface area contributed by atoms with Crippen LogP contribution in [0, 0.1) is 0 Å².